The minimum absolute atomic E-state index is 0.0143. The summed E-state index contributed by atoms with van der Waals surface area (Å²) in [6, 6.07) is 5.78. The molecule has 1 aromatic rings. The molecule has 86 valence electrons. The summed E-state index contributed by atoms with van der Waals surface area (Å²) in [5.41, 5.74) is 7.01. The number of hydrazine groups is 1. The SMILES string of the molecule is O=C(O)CC1NNCC1Cc1ccccn1. The molecule has 1 fully saturated rings. The monoisotopic (exact) mass is 221 g/mol. The normalized spacial score (nSPS) is 24.5. The molecule has 0 aliphatic carbocycles. The minimum atomic E-state index is -0.771. The van der Waals surface area contributed by atoms with Gasteiger partial charge < -0.3 is 5.11 Å². The predicted octanol–water partition coefficient (Wildman–Crippen LogP) is 0.191. The Morgan fingerprint density at radius 3 is 3.12 bits per heavy atom. The van der Waals surface area contributed by atoms with Crippen molar-refractivity contribution in [1.29, 1.82) is 0 Å². The third-order valence-electron chi connectivity index (χ3n) is 2.81. The summed E-state index contributed by atoms with van der Waals surface area (Å²) in [5.74, 6) is -0.488. The van der Waals surface area contributed by atoms with Crippen LogP contribution < -0.4 is 10.9 Å². The molecule has 0 radical (unpaired) electrons. The third-order valence-corrected chi connectivity index (χ3v) is 2.81. The van der Waals surface area contributed by atoms with E-state index in [1.807, 2.05) is 18.2 Å². The van der Waals surface area contributed by atoms with Crippen LogP contribution in [0, 0.1) is 5.92 Å². The van der Waals surface area contributed by atoms with Crippen LogP contribution in [0.4, 0.5) is 0 Å². The highest BCUT2D eigenvalue weighted by molar-refractivity contribution is 5.67. The van der Waals surface area contributed by atoms with E-state index in [4.69, 9.17) is 5.11 Å². The van der Waals surface area contributed by atoms with E-state index in [1.54, 1.807) is 6.20 Å². The lowest BCUT2D eigenvalue weighted by Crippen LogP contribution is -2.34. The van der Waals surface area contributed by atoms with E-state index >= 15 is 0 Å². The van der Waals surface area contributed by atoms with E-state index in [2.05, 4.69) is 15.8 Å². The van der Waals surface area contributed by atoms with Crippen LogP contribution in [0.1, 0.15) is 12.1 Å². The lowest BCUT2D eigenvalue weighted by molar-refractivity contribution is -0.137. The van der Waals surface area contributed by atoms with Crippen molar-refractivity contribution in [2.45, 2.75) is 18.9 Å². The number of nitrogens with one attached hydrogen (secondary N) is 2. The summed E-state index contributed by atoms with van der Waals surface area (Å²) < 4.78 is 0. The summed E-state index contributed by atoms with van der Waals surface area (Å²) in [4.78, 5) is 14.9. The summed E-state index contributed by atoms with van der Waals surface area (Å²) in [7, 11) is 0. The molecule has 1 aromatic heterocycles. The van der Waals surface area contributed by atoms with Gasteiger partial charge in [0.15, 0.2) is 0 Å². The number of nitrogens with zero attached hydrogens (tertiary/aromatic N) is 1. The highest BCUT2D eigenvalue weighted by atomic mass is 16.4. The predicted molar refractivity (Wildman–Crippen MR) is 58.6 cm³/mol. The Morgan fingerprint density at radius 1 is 1.56 bits per heavy atom. The molecule has 0 amide bonds. The van der Waals surface area contributed by atoms with Crippen molar-refractivity contribution in [1.82, 2.24) is 15.8 Å². The number of aliphatic carboxylic acids is 1. The molecular weight excluding hydrogens is 206 g/mol. The molecule has 2 atom stereocenters. The smallest absolute Gasteiger partial charge is 0.304 e. The van der Waals surface area contributed by atoms with Crippen molar-refractivity contribution in [3.05, 3.63) is 30.1 Å². The van der Waals surface area contributed by atoms with Gasteiger partial charge >= 0.3 is 5.97 Å². The fraction of sp³-hybridized carbons (Fsp3) is 0.455. The number of hydrogen-bond donors (Lipinski definition) is 3. The molecular formula is C11H15N3O2. The molecule has 0 bridgehead atoms. The van der Waals surface area contributed by atoms with Crippen LogP contribution in [0.5, 0.6) is 0 Å². The lowest BCUT2D eigenvalue weighted by atomic mass is 9.94. The molecule has 0 spiro atoms. The van der Waals surface area contributed by atoms with Crippen molar-refractivity contribution in [2.24, 2.45) is 5.92 Å². The fourth-order valence-corrected chi connectivity index (χ4v) is 1.99. The molecule has 1 aliphatic heterocycles. The summed E-state index contributed by atoms with van der Waals surface area (Å²) in [6.07, 6.45) is 2.71. The van der Waals surface area contributed by atoms with Gasteiger partial charge in [-0.2, -0.15) is 0 Å². The van der Waals surface area contributed by atoms with E-state index in [0.29, 0.717) is 0 Å². The van der Waals surface area contributed by atoms with Gasteiger partial charge in [-0.15, -0.1) is 0 Å². The van der Waals surface area contributed by atoms with Gasteiger partial charge in [0.2, 0.25) is 0 Å². The first-order chi connectivity index (χ1) is 7.75. The second kappa shape index (κ2) is 5.05. The Morgan fingerprint density at radius 2 is 2.44 bits per heavy atom. The average Bonchev–Trinajstić information content (AvgIpc) is 2.66. The molecule has 16 heavy (non-hydrogen) atoms. The molecule has 2 rings (SSSR count). The van der Waals surface area contributed by atoms with Crippen LogP contribution >= 0.6 is 0 Å². The highest BCUT2D eigenvalue weighted by Gasteiger charge is 2.28. The van der Waals surface area contributed by atoms with Crippen molar-refractivity contribution in [3.8, 4) is 0 Å². The number of carboxylic acids is 1. The van der Waals surface area contributed by atoms with Crippen LogP contribution in [-0.2, 0) is 11.2 Å². The first-order valence-corrected chi connectivity index (χ1v) is 5.36. The molecule has 1 aliphatic rings. The van der Waals surface area contributed by atoms with Crippen LogP contribution in [0.15, 0.2) is 24.4 Å². The highest BCUT2D eigenvalue weighted by Crippen LogP contribution is 2.16. The number of aromatic nitrogens is 1. The first-order valence-electron chi connectivity index (χ1n) is 5.36. The molecule has 0 aromatic carbocycles. The Labute approximate surface area is 93.9 Å². The number of pyridine rings is 1. The van der Waals surface area contributed by atoms with Gasteiger partial charge in [-0.25, -0.2) is 0 Å². The van der Waals surface area contributed by atoms with Gasteiger partial charge in [0.1, 0.15) is 0 Å². The van der Waals surface area contributed by atoms with Crippen LogP contribution in [0.2, 0.25) is 0 Å². The topological polar surface area (TPSA) is 74.2 Å². The number of carbonyl (C=O) groups is 1. The van der Waals surface area contributed by atoms with E-state index < -0.39 is 5.97 Å². The van der Waals surface area contributed by atoms with Crippen molar-refractivity contribution >= 4 is 5.97 Å². The van der Waals surface area contributed by atoms with Crippen molar-refractivity contribution in [3.63, 3.8) is 0 Å². The quantitative estimate of drug-likeness (QED) is 0.677. The molecule has 2 heterocycles. The largest absolute Gasteiger partial charge is 0.481 e. The second-order valence-corrected chi connectivity index (χ2v) is 4.01. The van der Waals surface area contributed by atoms with Gasteiger partial charge in [-0.3, -0.25) is 20.6 Å². The molecule has 3 N–H and O–H groups in total. The maximum absolute atomic E-state index is 10.7. The maximum atomic E-state index is 10.7. The second-order valence-electron chi connectivity index (χ2n) is 4.01. The number of carboxylic acid groups (broad SMARTS) is 1. The number of rotatable bonds is 4. The van der Waals surface area contributed by atoms with Crippen LogP contribution in [-0.4, -0.2) is 28.6 Å². The maximum Gasteiger partial charge on any atom is 0.304 e. The fourth-order valence-electron chi connectivity index (χ4n) is 1.99. The molecule has 0 saturated carbocycles. The summed E-state index contributed by atoms with van der Waals surface area (Å²) in [6.45, 7) is 0.786. The number of hydrogen-bond acceptors (Lipinski definition) is 4. The summed E-state index contributed by atoms with van der Waals surface area (Å²) >= 11 is 0. The van der Waals surface area contributed by atoms with Crippen molar-refractivity contribution < 1.29 is 9.90 Å². The Balaban J connectivity index is 1.96. The average molecular weight is 221 g/mol. The Kier molecular flexibility index (Phi) is 3.48. The van der Waals surface area contributed by atoms with E-state index in [-0.39, 0.29) is 18.4 Å². The van der Waals surface area contributed by atoms with Gasteiger partial charge in [0.05, 0.1) is 6.42 Å². The Hall–Kier alpha value is -1.46. The van der Waals surface area contributed by atoms with E-state index in [0.717, 1.165) is 18.7 Å². The van der Waals surface area contributed by atoms with E-state index in [1.165, 1.54) is 0 Å². The zero-order valence-corrected chi connectivity index (χ0v) is 8.89. The zero-order valence-electron chi connectivity index (χ0n) is 8.89. The minimum Gasteiger partial charge on any atom is -0.481 e. The molecule has 5 nitrogen and oxygen atoms in total. The Bertz CT molecular complexity index is 356. The lowest BCUT2D eigenvalue weighted by Gasteiger charge is -2.15. The standard InChI is InChI=1S/C11H15N3O2/c15-11(16)6-10-8(7-13-14-10)5-9-3-1-2-4-12-9/h1-4,8,10,13-14H,5-7H2,(H,15,16). The zero-order chi connectivity index (χ0) is 11.4. The summed E-state index contributed by atoms with van der Waals surface area (Å²) in [5, 5.41) is 8.77. The molecule has 2 unspecified atom stereocenters. The van der Waals surface area contributed by atoms with Crippen LogP contribution in [0.3, 0.4) is 0 Å². The third kappa shape index (κ3) is 2.77. The van der Waals surface area contributed by atoms with Crippen molar-refractivity contribution in [2.75, 3.05) is 6.54 Å². The molecule has 1 saturated heterocycles. The van der Waals surface area contributed by atoms with Crippen LogP contribution in [0.25, 0.3) is 0 Å². The van der Waals surface area contributed by atoms with E-state index in [9.17, 15) is 4.79 Å². The first kappa shape index (κ1) is 11.0. The van der Waals surface area contributed by atoms with Gasteiger partial charge in [-0.1, -0.05) is 6.07 Å². The van der Waals surface area contributed by atoms with Gasteiger partial charge in [0.25, 0.3) is 0 Å². The van der Waals surface area contributed by atoms with Gasteiger partial charge in [-0.05, 0) is 24.5 Å². The van der Waals surface area contributed by atoms with Gasteiger partial charge in [0, 0.05) is 24.5 Å². The molecule has 5 heteroatoms.